The van der Waals surface area contributed by atoms with Gasteiger partial charge in [0.25, 0.3) is 0 Å². The van der Waals surface area contributed by atoms with E-state index in [4.69, 9.17) is 4.74 Å². The van der Waals surface area contributed by atoms with Gasteiger partial charge in [-0.05, 0) is 34.5 Å². The highest BCUT2D eigenvalue weighted by Gasteiger charge is 2.41. The van der Waals surface area contributed by atoms with E-state index in [9.17, 15) is 24.8 Å². The van der Waals surface area contributed by atoms with Crippen LogP contribution in [0, 0.1) is 10.1 Å². The molecule has 0 saturated carbocycles. The van der Waals surface area contributed by atoms with Crippen molar-refractivity contribution in [1.82, 2.24) is 0 Å². The van der Waals surface area contributed by atoms with Gasteiger partial charge in [0.05, 0.1) is 13.0 Å². The van der Waals surface area contributed by atoms with Crippen LogP contribution in [-0.2, 0) is 4.79 Å². The first kappa shape index (κ1) is 20.0. The molecule has 148 valence electrons. The van der Waals surface area contributed by atoms with Crippen LogP contribution in [-0.4, -0.2) is 34.9 Å². The smallest absolute Gasteiger partial charge is 0.379 e. The monoisotopic (exact) mass is 393 g/mol. The summed E-state index contributed by atoms with van der Waals surface area (Å²) in [4.78, 5) is 35.0. The molecule has 3 rings (SSSR count). The van der Waals surface area contributed by atoms with E-state index < -0.39 is 22.9 Å². The number of ether oxygens (including phenoxy) is 1. The molecule has 1 N–H and O–H groups in total. The Morgan fingerprint density at radius 1 is 1.03 bits per heavy atom. The second kappa shape index (κ2) is 8.52. The molecule has 0 radical (unpaired) electrons. The summed E-state index contributed by atoms with van der Waals surface area (Å²) in [6.07, 6.45) is -0.288. The summed E-state index contributed by atoms with van der Waals surface area (Å²) in [6.45, 7) is 0. The minimum absolute atomic E-state index is 0.288. The maximum Gasteiger partial charge on any atom is 0.379 e. The van der Waals surface area contributed by atoms with E-state index in [0.717, 1.165) is 10.8 Å². The van der Waals surface area contributed by atoms with Crippen LogP contribution < -0.4 is 4.74 Å². The second-order valence-electron chi connectivity index (χ2n) is 6.64. The zero-order valence-electron chi connectivity index (χ0n) is 15.6. The van der Waals surface area contributed by atoms with E-state index in [1.54, 1.807) is 61.7 Å². The zero-order chi connectivity index (χ0) is 21.0. The van der Waals surface area contributed by atoms with Crippen molar-refractivity contribution in [2.75, 3.05) is 7.11 Å². The Bertz CT molecular complexity index is 1050. The summed E-state index contributed by atoms with van der Waals surface area (Å²) < 4.78 is 5.19. The number of carbonyl (C=O) groups is 2. The highest BCUT2D eigenvalue weighted by atomic mass is 16.6. The summed E-state index contributed by atoms with van der Waals surface area (Å²) in [5.74, 6) is -2.31. The molecule has 0 amide bonds. The number of carbonyl (C=O) groups excluding carboxylic acids is 1. The van der Waals surface area contributed by atoms with Gasteiger partial charge in [-0.1, -0.05) is 48.5 Å². The third-order valence-electron chi connectivity index (χ3n) is 4.86. The van der Waals surface area contributed by atoms with E-state index in [2.05, 4.69) is 0 Å². The third-order valence-corrected chi connectivity index (χ3v) is 4.86. The number of ketones is 1. The fourth-order valence-corrected chi connectivity index (χ4v) is 3.36. The number of Topliss-reactive ketones (excluding diaryl/α,β-unsaturated/α-hetero) is 1. The van der Waals surface area contributed by atoms with E-state index in [1.165, 1.54) is 0 Å². The minimum atomic E-state index is -1.91. The lowest BCUT2D eigenvalue weighted by Crippen LogP contribution is -2.36. The van der Waals surface area contributed by atoms with Gasteiger partial charge in [-0.25, -0.2) is 4.79 Å². The van der Waals surface area contributed by atoms with Crippen LogP contribution in [0.5, 0.6) is 5.75 Å². The molecule has 3 aromatic carbocycles. The molecule has 0 bridgehead atoms. The first-order chi connectivity index (χ1) is 13.9. The van der Waals surface area contributed by atoms with E-state index in [0.29, 0.717) is 16.9 Å². The van der Waals surface area contributed by atoms with Gasteiger partial charge in [0, 0.05) is 16.9 Å². The molecular weight excluding hydrogens is 374 g/mol. The van der Waals surface area contributed by atoms with Crippen LogP contribution in [0.4, 0.5) is 0 Å². The number of rotatable bonds is 8. The topological polar surface area (TPSA) is 107 Å². The van der Waals surface area contributed by atoms with Crippen LogP contribution in [0.1, 0.15) is 28.3 Å². The number of aliphatic carboxylic acids is 1. The molecule has 0 heterocycles. The Morgan fingerprint density at radius 3 is 2.31 bits per heavy atom. The van der Waals surface area contributed by atoms with E-state index in [1.807, 2.05) is 12.1 Å². The lowest BCUT2D eigenvalue weighted by molar-refractivity contribution is -0.514. The fourth-order valence-electron chi connectivity index (χ4n) is 3.36. The van der Waals surface area contributed by atoms with Crippen LogP contribution >= 0.6 is 0 Å². The van der Waals surface area contributed by atoms with Gasteiger partial charge >= 0.3 is 12.0 Å². The number of carboxylic acid groups (broad SMARTS) is 1. The summed E-state index contributed by atoms with van der Waals surface area (Å²) in [6, 6.07) is 16.9. The molecule has 0 aliphatic rings. The summed E-state index contributed by atoms with van der Waals surface area (Å²) in [5.41, 5.74) is 0.812. The Kier molecular flexibility index (Phi) is 5.87. The largest absolute Gasteiger partial charge is 0.497 e. The predicted octanol–water partition coefficient (Wildman–Crippen LogP) is 3.93. The molecule has 0 spiro atoms. The van der Waals surface area contributed by atoms with Crippen molar-refractivity contribution in [2.45, 2.75) is 18.4 Å². The Balaban J connectivity index is 1.94. The van der Waals surface area contributed by atoms with E-state index in [-0.39, 0.29) is 12.2 Å². The van der Waals surface area contributed by atoms with Crippen molar-refractivity contribution in [3.8, 4) is 5.75 Å². The summed E-state index contributed by atoms with van der Waals surface area (Å²) in [5, 5.41) is 22.5. The Labute approximate surface area is 166 Å². The molecule has 7 heteroatoms. The fraction of sp³-hybridized carbons (Fsp3) is 0.182. The number of fused-ring (bicyclic) bond motifs is 1. The Hall–Kier alpha value is -3.74. The molecule has 2 atom stereocenters. The molecule has 3 aromatic rings. The minimum Gasteiger partial charge on any atom is -0.497 e. The van der Waals surface area contributed by atoms with Crippen LogP contribution in [0.15, 0.2) is 66.7 Å². The quantitative estimate of drug-likeness (QED) is 0.353. The number of carboxylic acids is 1. The van der Waals surface area contributed by atoms with Gasteiger partial charge in [-0.15, -0.1) is 0 Å². The molecule has 0 aliphatic carbocycles. The van der Waals surface area contributed by atoms with Gasteiger partial charge in [0.1, 0.15) is 5.75 Å². The van der Waals surface area contributed by atoms with Crippen molar-refractivity contribution in [3.63, 3.8) is 0 Å². The van der Waals surface area contributed by atoms with Gasteiger partial charge in [0.15, 0.2) is 5.78 Å². The molecule has 29 heavy (non-hydrogen) atoms. The molecule has 7 nitrogen and oxygen atoms in total. The lowest BCUT2D eigenvalue weighted by Gasteiger charge is -2.18. The number of benzene rings is 3. The molecule has 0 aliphatic heterocycles. The molecule has 2 unspecified atom stereocenters. The number of nitrogens with zero attached hydrogens (tertiary/aromatic N) is 1. The molecular formula is C22H19NO6. The van der Waals surface area contributed by atoms with Crippen molar-refractivity contribution >= 4 is 22.5 Å². The predicted molar refractivity (Wildman–Crippen MR) is 107 cm³/mol. The summed E-state index contributed by atoms with van der Waals surface area (Å²) in [7, 11) is 1.57. The number of nitro groups is 1. The first-order valence-electron chi connectivity index (χ1n) is 8.93. The normalized spacial score (nSPS) is 12.9. The van der Waals surface area contributed by atoms with Crippen molar-refractivity contribution < 1.29 is 24.4 Å². The standard InChI is InChI=1S/C22H19NO6/c1-29-18-10-9-15-11-17(8-7-16(15)12-18)20(24)13-19(14-5-3-2-4-6-14)21(22(25)26)23(27)28/h2-12,19,21H,13H2,1H3,(H,25,26). The highest BCUT2D eigenvalue weighted by Crippen LogP contribution is 2.29. The van der Waals surface area contributed by atoms with Crippen molar-refractivity contribution in [1.29, 1.82) is 0 Å². The SMILES string of the molecule is COc1ccc2cc(C(=O)CC(c3ccccc3)C(C(=O)O)[N+](=O)[O-])ccc2c1. The molecule has 0 saturated heterocycles. The Morgan fingerprint density at radius 2 is 1.69 bits per heavy atom. The van der Waals surface area contributed by atoms with Crippen molar-refractivity contribution in [2.24, 2.45) is 0 Å². The number of hydrogen-bond donors (Lipinski definition) is 1. The van der Waals surface area contributed by atoms with Crippen LogP contribution in [0.3, 0.4) is 0 Å². The summed E-state index contributed by atoms with van der Waals surface area (Å²) >= 11 is 0. The van der Waals surface area contributed by atoms with Crippen LogP contribution in [0.2, 0.25) is 0 Å². The van der Waals surface area contributed by atoms with Gasteiger partial charge in [-0.3, -0.25) is 14.9 Å². The third kappa shape index (κ3) is 4.40. The van der Waals surface area contributed by atoms with Crippen molar-refractivity contribution in [3.05, 3.63) is 88.0 Å². The van der Waals surface area contributed by atoms with Gasteiger partial charge in [0.2, 0.25) is 0 Å². The lowest BCUT2D eigenvalue weighted by atomic mass is 9.85. The molecule has 0 aromatic heterocycles. The number of hydrogen-bond acceptors (Lipinski definition) is 5. The average molecular weight is 393 g/mol. The maximum absolute atomic E-state index is 12.9. The highest BCUT2D eigenvalue weighted by molar-refractivity contribution is 6.00. The first-order valence-corrected chi connectivity index (χ1v) is 8.93. The molecule has 0 fully saturated rings. The van der Waals surface area contributed by atoms with E-state index >= 15 is 0 Å². The zero-order valence-corrected chi connectivity index (χ0v) is 15.6. The van der Waals surface area contributed by atoms with Crippen LogP contribution in [0.25, 0.3) is 10.8 Å². The number of methoxy groups -OCH3 is 1. The average Bonchev–Trinajstić information content (AvgIpc) is 2.72. The van der Waals surface area contributed by atoms with Gasteiger partial charge < -0.3 is 9.84 Å². The maximum atomic E-state index is 12.9. The van der Waals surface area contributed by atoms with Gasteiger partial charge in [-0.2, -0.15) is 0 Å². The second-order valence-corrected chi connectivity index (χ2v) is 6.64.